The number of benzene rings is 1. The zero-order chi connectivity index (χ0) is 13.7. The van der Waals surface area contributed by atoms with Crippen LogP contribution < -0.4 is 4.74 Å². The molecule has 0 aromatic heterocycles. The number of hydrogen-bond acceptors (Lipinski definition) is 4. The van der Waals surface area contributed by atoms with Gasteiger partial charge in [-0.15, -0.1) is 0 Å². The highest BCUT2D eigenvalue weighted by Gasteiger charge is 2.12. The van der Waals surface area contributed by atoms with Crippen LogP contribution in [0.1, 0.15) is 38.0 Å². The summed E-state index contributed by atoms with van der Waals surface area (Å²) in [5.41, 5.74) is 1.67. The second kappa shape index (κ2) is 6.40. The van der Waals surface area contributed by atoms with Crippen LogP contribution in [0.5, 0.6) is 5.75 Å². The van der Waals surface area contributed by atoms with Gasteiger partial charge in [0, 0.05) is 5.56 Å². The van der Waals surface area contributed by atoms with Crippen LogP contribution >= 0.6 is 0 Å². The van der Waals surface area contributed by atoms with Crippen molar-refractivity contribution >= 4 is 5.97 Å². The number of aryl methyl sites for hydroxylation is 1. The molecule has 0 amide bonds. The van der Waals surface area contributed by atoms with Crippen LogP contribution in [-0.2, 0) is 9.53 Å². The maximum absolute atomic E-state index is 11.4. The number of aliphatic hydroxyl groups is 1. The molecular formula is C14H20O4. The lowest BCUT2D eigenvalue weighted by Crippen LogP contribution is -2.19. The Balaban J connectivity index is 2.71. The van der Waals surface area contributed by atoms with Gasteiger partial charge in [-0.05, 0) is 39.3 Å². The Morgan fingerprint density at radius 1 is 1.33 bits per heavy atom. The van der Waals surface area contributed by atoms with Crippen molar-refractivity contribution in [1.29, 1.82) is 0 Å². The van der Waals surface area contributed by atoms with E-state index >= 15 is 0 Å². The second-order valence-corrected chi connectivity index (χ2v) is 4.54. The molecule has 1 aromatic rings. The van der Waals surface area contributed by atoms with Crippen LogP contribution in [0.15, 0.2) is 18.2 Å². The molecule has 4 heteroatoms. The summed E-state index contributed by atoms with van der Waals surface area (Å²) in [5, 5.41) is 9.61. The molecule has 18 heavy (non-hydrogen) atoms. The lowest BCUT2D eigenvalue weighted by atomic mass is 10.1. The quantitative estimate of drug-likeness (QED) is 0.817. The molecule has 0 saturated heterocycles. The first-order valence-corrected chi connectivity index (χ1v) is 6.01. The van der Waals surface area contributed by atoms with Gasteiger partial charge in [0.05, 0.1) is 12.2 Å². The maximum Gasteiger partial charge on any atom is 0.344 e. The van der Waals surface area contributed by atoms with Gasteiger partial charge < -0.3 is 14.6 Å². The van der Waals surface area contributed by atoms with E-state index in [1.165, 1.54) is 0 Å². The molecule has 1 N–H and O–H groups in total. The van der Waals surface area contributed by atoms with Crippen molar-refractivity contribution in [2.45, 2.75) is 39.9 Å². The Morgan fingerprint density at radius 2 is 2.00 bits per heavy atom. The van der Waals surface area contributed by atoms with Gasteiger partial charge in [0.15, 0.2) is 6.61 Å². The molecule has 0 heterocycles. The van der Waals surface area contributed by atoms with Gasteiger partial charge in [0.2, 0.25) is 0 Å². The zero-order valence-corrected chi connectivity index (χ0v) is 11.3. The van der Waals surface area contributed by atoms with Crippen LogP contribution in [-0.4, -0.2) is 23.8 Å². The van der Waals surface area contributed by atoms with Gasteiger partial charge in [0.25, 0.3) is 0 Å². The van der Waals surface area contributed by atoms with Crippen molar-refractivity contribution < 1.29 is 19.4 Å². The van der Waals surface area contributed by atoms with Crippen molar-refractivity contribution in [3.8, 4) is 5.75 Å². The SMILES string of the molecule is Cc1ccc([C@@H](C)O)c(OCC(=O)OC(C)C)c1. The number of carbonyl (C=O) groups is 1. The summed E-state index contributed by atoms with van der Waals surface area (Å²) >= 11 is 0. The summed E-state index contributed by atoms with van der Waals surface area (Å²) in [6.07, 6.45) is -0.795. The molecule has 0 unspecified atom stereocenters. The minimum Gasteiger partial charge on any atom is -0.482 e. The van der Waals surface area contributed by atoms with Crippen molar-refractivity contribution in [2.24, 2.45) is 0 Å². The molecule has 1 atom stereocenters. The summed E-state index contributed by atoms with van der Waals surface area (Å²) in [6.45, 7) is 6.99. The molecule has 4 nitrogen and oxygen atoms in total. The topological polar surface area (TPSA) is 55.8 Å². The Labute approximate surface area is 108 Å². The van der Waals surface area contributed by atoms with Gasteiger partial charge in [-0.25, -0.2) is 4.79 Å². The lowest BCUT2D eigenvalue weighted by molar-refractivity contribution is -0.149. The molecule has 1 aromatic carbocycles. The fourth-order valence-electron chi connectivity index (χ4n) is 1.55. The summed E-state index contributed by atoms with van der Waals surface area (Å²) in [6, 6.07) is 5.48. The zero-order valence-electron chi connectivity index (χ0n) is 11.3. The van der Waals surface area contributed by atoms with Crippen LogP contribution in [0.2, 0.25) is 0 Å². The highest BCUT2D eigenvalue weighted by Crippen LogP contribution is 2.26. The average Bonchev–Trinajstić information content (AvgIpc) is 2.25. The van der Waals surface area contributed by atoms with E-state index in [0.717, 1.165) is 5.56 Å². The maximum atomic E-state index is 11.4. The predicted octanol–water partition coefficient (Wildman–Crippen LogP) is 2.38. The summed E-state index contributed by atoms with van der Waals surface area (Å²) in [5.74, 6) is 0.105. The third-order valence-electron chi connectivity index (χ3n) is 2.33. The molecule has 100 valence electrons. The molecule has 0 bridgehead atoms. The minimum absolute atomic E-state index is 0.151. The molecule has 0 saturated carbocycles. The number of rotatable bonds is 5. The normalized spacial score (nSPS) is 12.3. The molecule has 0 fully saturated rings. The Hall–Kier alpha value is -1.55. The van der Waals surface area contributed by atoms with Gasteiger partial charge in [-0.2, -0.15) is 0 Å². The Bertz CT molecular complexity index is 410. The Kier molecular flexibility index (Phi) is 5.16. The number of ether oxygens (including phenoxy) is 2. The first-order chi connectivity index (χ1) is 8.40. The van der Waals surface area contributed by atoms with Gasteiger partial charge >= 0.3 is 5.97 Å². The number of carbonyl (C=O) groups excluding carboxylic acids is 1. The molecule has 0 spiro atoms. The minimum atomic E-state index is -0.637. The van der Waals surface area contributed by atoms with Crippen molar-refractivity contribution in [2.75, 3.05) is 6.61 Å². The lowest BCUT2D eigenvalue weighted by Gasteiger charge is -2.14. The smallest absolute Gasteiger partial charge is 0.344 e. The monoisotopic (exact) mass is 252 g/mol. The van der Waals surface area contributed by atoms with E-state index < -0.39 is 12.1 Å². The number of esters is 1. The van der Waals surface area contributed by atoms with E-state index in [-0.39, 0.29) is 12.7 Å². The van der Waals surface area contributed by atoms with Crippen LogP contribution in [0.25, 0.3) is 0 Å². The van der Waals surface area contributed by atoms with Gasteiger partial charge in [-0.3, -0.25) is 0 Å². The summed E-state index contributed by atoms with van der Waals surface area (Å²) in [7, 11) is 0. The van der Waals surface area contributed by atoms with Crippen LogP contribution in [0.3, 0.4) is 0 Å². The average molecular weight is 252 g/mol. The van der Waals surface area contributed by atoms with Gasteiger partial charge in [0.1, 0.15) is 5.75 Å². The third kappa shape index (κ3) is 4.37. The van der Waals surface area contributed by atoms with E-state index in [9.17, 15) is 9.90 Å². The predicted molar refractivity (Wildman–Crippen MR) is 68.5 cm³/mol. The highest BCUT2D eigenvalue weighted by atomic mass is 16.6. The molecule has 0 radical (unpaired) electrons. The number of aliphatic hydroxyl groups excluding tert-OH is 1. The summed E-state index contributed by atoms with van der Waals surface area (Å²) < 4.78 is 10.4. The van der Waals surface area contributed by atoms with Crippen molar-refractivity contribution in [1.82, 2.24) is 0 Å². The fourth-order valence-corrected chi connectivity index (χ4v) is 1.55. The van der Waals surface area contributed by atoms with Crippen LogP contribution in [0.4, 0.5) is 0 Å². The van der Waals surface area contributed by atoms with Gasteiger partial charge in [-0.1, -0.05) is 12.1 Å². The van der Waals surface area contributed by atoms with E-state index in [1.54, 1.807) is 32.9 Å². The molecule has 0 aliphatic heterocycles. The standard InChI is InChI=1S/C14H20O4/c1-9(2)18-14(16)8-17-13-7-10(3)5-6-12(13)11(4)15/h5-7,9,11,15H,8H2,1-4H3/t11-/m1/s1. The molecule has 1 rings (SSSR count). The van der Waals surface area contributed by atoms with E-state index in [0.29, 0.717) is 11.3 Å². The molecule has 0 aliphatic rings. The molecule has 0 aliphatic carbocycles. The van der Waals surface area contributed by atoms with Crippen molar-refractivity contribution in [3.63, 3.8) is 0 Å². The third-order valence-corrected chi connectivity index (χ3v) is 2.33. The van der Waals surface area contributed by atoms with Crippen molar-refractivity contribution in [3.05, 3.63) is 29.3 Å². The number of hydrogen-bond donors (Lipinski definition) is 1. The molecular weight excluding hydrogens is 232 g/mol. The van der Waals surface area contributed by atoms with E-state index in [2.05, 4.69) is 0 Å². The van der Waals surface area contributed by atoms with E-state index in [1.807, 2.05) is 13.0 Å². The Morgan fingerprint density at radius 3 is 2.56 bits per heavy atom. The van der Waals surface area contributed by atoms with E-state index in [4.69, 9.17) is 9.47 Å². The fraction of sp³-hybridized carbons (Fsp3) is 0.500. The highest BCUT2D eigenvalue weighted by molar-refractivity contribution is 5.71. The first kappa shape index (κ1) is 14.5. The second-order valence-electron chi connectivity index (χ2n) is 4.54. The largest absolute Gasteiger partial charge is 0.482 e. The first-order valence-electron chi connectivity index (χ1n) is 6.01. The summed E-state index contributed by atoms with van der Waals surface area (Å²) in [4.78, 5) is 11.4. The van der Waals surface area contributed by atoms with Crippen LogP contribution in [0, 0.1) is 6.92 Å².